The first-order chi connectivity index (χ1) is 14.6. The fraction of sp³-hybridized carbons (Fsp3) is 0.227. The van der Waals surface area contributed by atoms with Crippen LogP contribution in [0.15, 0.2) is 60.7 Å². The van der Waals surface area contributed by atoms with E-state index in [4.69, 9.17) is 4.74 Å². The second-order valence-corrected chi connectivity index (χ2v) is 7.65. The summed E-state index contributed by atoms with van der Waals surface area (Å²) in [5, 5.41) is 3.69. The lowest BCUT2D eigenvalue weighted by Crippen LogP contribution is -2.35. The van der Waals surface area contributed by atoms with Gasteiger partial charge in [0.1, 0.15) is 5.75 Å². The number of ether oxygens (including phenoxy) is 2. The van der Waals surface area contributed by atoms with Gasteiger partial charge in [0.15, 0.2) is 0 Å². The molecule has 0 spiro atoms. The molecule has 0 saturated carbocycles. The number of alkyl halides is 2. The first-order valence-corrected chi connectivity index (χ1v) is 10.3. The quantitative estimate of drug-likeness (QED) is 0.591. The molecule has 5 nitrogen and oxygen atoms in total. The van der Waals surface area contributed by atoms with Crippen molar-refractivity contribution in [3.05, 3.63) is 65.5 Å². The number of rotatable bonds is 6. The van der Waals surface area contributed by atoms with Gasteiger partial charge in [0.25, 0.3) is 5.91 Å². The molecule has 0 bridgehead atoms. The van der Waals surface area contributed by atoms with E-state index in [1.54, 1.807) is 12.1 Å². The Morgan fingerprint density at radius 1 is 1.07 bits per heavy atom. The number of amides is 1. The van der Waals surface area contributed by atoms with Crippen LogP contribution in [0.1, 0.15) is 9.67 Å². The standard InChI is InChI=1S/C22H20F2N2O3S/c23-22(24)29-18-9-5-4-8-17(18)25-20(27)19-14-16(15-6-2-1-3-7-15)21(30-19)26-10-12-28-13-11-26/h1-9,14,22H,10-13H2,(H,25,27). The Morgan fingerprint density at radius 2 is 1.77 bits per heavy atom. The molecule has 2 heterocycles. The van der Waals surface area contributed by atoms with Crippen LogP contribution in [0, 0.1) is 0 Å². The predicted octanol–water partition coefficient (Wildman–Crippen LogP) is 5.11. The molecular formula is C22H20F2N2O3S. The number of anilines is 2. The van der Waals surface area contributed by atoms with Crippen molar-refractivity contribution in [2.24, 2.45) is 0 Å². The molecule has 1 N–H and O–H groups in total. The summed E-state index contributed by atoms with van der Waals surface area (Å²) in [4.78, 5) is 15.6. The number of halogens is 2. The fourth-order valence-corrected chi connectivity index (χ4v) is 4.40. The zero-order valence-corrected chi connectivity index (χ0v) is 16.8. The zero-order valence-electron chi connectivity index (χ0n) is 16.0. The summed E-state index contributed by atoms with van der Waals surface area (Å²) in [7, 11) is 0. The number of morpholine rings is 1. The molecule has 1 aliphatic heterocycles. The molecule has 30 heavy (non-hydrogen) atoms. The van der Waals surface area contributed by atoms with Gasteiger partial charge in [-0.25, -0.2) is 0 Å². The summed E-state index contributed by atoms with van der Waals surface area (Å²) in [5.74, 6) is -0.448. The second kappa shape index (κ2) is 9.23. The minimum Gasteiger partial charge on any atom is -0.433 e. The van der Waals surface area contributed by atoms with Crippen LogP contribution in [0.5, 0.6) is 5.75 Å². The van der Waals surface area contributed by atoms with E-state index in [-0.39, 0.29) is 17.3 Å². The Morgan fingerprint density at radius 3 is 2.50 bits per heavy atom. The molecule has 1 aliphatic rings. The van der Waals surface area contributed by atoms with E-state index in [0.29, 0.717) is 18.1 Å². The average Bonchev–Trinajstić information content (AvgIpc) is 3.22. The van der Waals surface area contributed by atoms with Gasteiger partial charge in [-0.15, -0.1) is 11.3 Å². The highest BCUT2D eigenvalue weighted by atomic mass is 32.1. The van der Waals surface area contributed by atoms with Crippen LogP contribution >= 0.6 is 11.3 Å². The molecule has 1 amide bonds. The van der Waals surface area contributed by atoms with Gasteiger partial charge in [0, 0.05) is 18.7 Å². The minimum absolute atomic E-state index is 0.0749. The van der Waals surface area contributed by atoms with E-state index < -0.39 is 6.61 Å². The number of hydrogen-bond acceptors (Lipinski definition) is 5. The summed E-state index contributed by atoms with van der Waals surface area (Å²) in [6.07, 6.45) is 0. The normalized spacial score (nSPS) is 14.0. The van der Waals surface area contributed by atoms with Gasteiger partial charge in [0.2, 0.25) is 0 Å². The molecule has 0 unspecified atom stereocenters. The predicted molar refractivity (Wildman–Crippen MR) is 114 cm³/mol. The van der Waals surface area contributed by atoms with Crippen LogP contribution in [0.25, 0.3) is 11.1 Å². The van der Waals surface area contributed by atoms with Crippen LogP contribution in [0.2, 0.25) is 0 Å². The Hall–Kier alpha value is -2.97. The van der Waals surface area contributed by atoms with Gasteiger partial charge in [-0.05, 0) is 23.8 Å². The highest BCUT2D eigenvalue weighted by Crippen LogP contribution is 2.40. The Kier molecular flexibility index (Phi) is 6.25. The second-order valence-electron chi connectivity index (χ2n) is 6.62. The molecule has 2 aromatic carbocycles. The monoisotopic (exact) mass is 430 g/mol. The summed E-state index contributed by atoms with van der Waals surface area (Å²) in [5.41, 5.74) is 2.17. The van der Waals surface area contributed by atoms with Crippen molar-refractivity contribution in [1.29, 1.82) is 0 Å². The van der Waals surface area contributed by atoms with E-state index in [1.165, 1.54) is 23.5 Å². The lowest BCUT2D eigenvalue weighted by Gasteiger charge is -2.28. The van der Waals surface area contributed by atoms with Crippen molar-refractivity contribution in [2.45, 2.75) is 6.61 Å². The summed E-state index contributed by atoms with van der Waals surface area (Å²) in [6.45, 7) is -0.223. The molecular weight excluding hydrogens is 410 g/mol. The average molecular weight is 430 g/mol. The zero-order chi connectivity index (χ0) is 20.9. The van der Waals surface area contributed by atoms with Crippen LogP contribution in [0.4, 0.5) is 19.5 Å². The van der Waals surface area contributed by atoms with E-state index in [0.717, 1.165) is 29.2 Å². The Balaban J connectivity index is 1.64. The highest BCUT2D eigenvalue weighted by molar-refractivity contribution is 7.18. The van der Waals surface area contributed by atoms with Crippen molar-refractivity contribution < 1.29 is 23.0 Å². The molecule has 1 saturated heterocycles. The van der Waals surface area contributed by atoms with Crippen LogP contribution < -0.4 is 15.0 Å². The third-order valence-electron chi connectivity index (χ3n) is 4.67. The molecule has 4 rings (SSSR count). The minimum atomic E-state index is -2.97. The number of nitrogens with zero attached hydrogens (tertiary/aromatic N) is 1. The highest BCUT2D eigenvalue weighted by Gasteiger charge is 2.22. The molecule has 3 aromatic rings. The van der Waals surface area contributed by atoms with Crippen LogP contribution in [-0.4, -0.2) is 38.8 Å². The summed E-state index contributed by atoms with van der Waals surface area (Å²) < 4.78 is 35.3. The van der Waals surface area contributed by atoms with Gasteiger partial charge in [0.05, 0.1) is 28.8 Å². The Labute approximate surface area is 176 Å². The smallest absolute Gasteiger partial charge is 0.387 e. The van der Waals surface area contributed by atoms with E-state index in [9.17, 15) is 13.6 Å². The number of benzene rings is 2. The topological polar surface area (TPSA) is 50.8 Å². The lowest BCUT2D eigenvalue weighted by molar-refractivity contribution is -0.0493. The number of carbonyl (C=O) groups is 1. The molecule has 0 radical (unpaired) electrons. The van der Waals surface area contributed by atoms with Gasteiger partial charge in [-0.1, -0.05) is 42.5 Å². The maximum atomic E-state index is 12.9. The van der Waals surface area contributed by atoms with Crippen molar-refractivity contribution in [2.75, 3.05) is 36.5 Å². The third kappa shape index (κ3) is 4.60. The SMILES string of the molecule is O=C(Nc1ccccc1OC(F)F)c1cc(-c2ccccc2)c(N2CCOCC2)s1. The molecule has 0 aliphatic carbocycles. The molecule has 0 atom stereocenters. The lowest BCUT2D eigenvalue weighted by atomic mass is 10.1. The number of hydrogen-bond donors (Lipinski definition) is 1. The Bertz CT molecular complexity index is 1000. The van der Waals surface area contributed by atoms with Crippen LogP contribution in [0.3, 0.4) is 0 Å². The van der Waals surface area contributed by atoms with Gasteiger partial charge >= 0.3 is 6.61 Å². The summed E-state index contributed by atoms with van der Waals surface area (Å²) >= 11 is 1.38. The first-order valence-electron chi connectivity index (χ1n) is 9.49. The number of carbonyl (C=O) groups excluding carboxylic acids is 1. The molecule has 1 aromatic heterocycles. The largest absolute Gasteiger partial charge is 0.433 e. The number of nitrogens with one attached hydrogen (secondary N) is 1. The van der Waals surface area contributed by atoms with Gasteiger partial charge < -0.3 is 19.7 Å². The van der Waals surface area contributed by atoms with E-state index >= 15 is 0 Å². The molecule has 8 heteroatoms. The molecule has 1 fully saturated rings. The number of thiophene rings is 1. The van der Waals surface area contributed by atoms with Crippen molar-refractivity contribution in [3.8, 4) is 16.9 Å². The van der Waals surface area contributed by atoms with Crippen molar-refractivity contribution in [1.82, 2.24) is 0 Å². The summed E-state index contributed by atoms with van der Waals surface area (Å²) in [6, 6.07) is 17.8. The number of para-hydroxylation sites is 2. The third-order valence-corrected chi connectivity index (χ3v) is 5.87. The van der Waals surface area contributed by atoms with Crippen molar-refractivity contribution >= 4 is 27.9 Å². The van der Waals surface area contributed by atoms with E-state index in [2.05, 4.69) is 15.0 Å². The van der Waals surface area contributed by atoms with E-state index in [1.807, 2.05) is 36.4 Å². The van der Waals surface area contributed by atoms with Gasteiger partial charge in [-0.2, -0.15) is 8.78 Å². The molecule has 156 valence electrons. The van der Waals surface area contributed by atoms with Crippen LogP contribution in [-0.2, 0) is 4.74 Å². The van der Waals surface area contributed by atoms with Gasteiger partial charge in [-0.3, -0.25) is 4.79 Å². The first kappa shape index (κ1) is 20.3. The fourth-order valence-electron chi connectivity index (χ4n) is 3.27. The maximum Gasteiger partial charge on any atom is 0.387 e. The van der Waals surface area contributed by atoms with Crippen molar-refractivity contribution in [3.63, 3.8) is 0 Å². The maximum absolute atomic E-state index is 12.9.